The normalized spacial score (nSPS) is 5.00. The number of hydrogen-bond donors (Lipinski definition) is 1. The van der Waals surface area contributed by atoms with Crippen molar-refractivity contribution >= 4 is 12.4 Å². The van der Waals surface area contributed by atoms with Crippen LogP contribution in [0.4, 0.5) is 0 Å². The standard InChI is InChI=1S/C3H9N.ClH.H2O/c1-3-4-2;;/h4H,3H2,1-2H3;1H;1H2. The molecule has 0 saturated carbocycles. The molecular weight excluding hydrogens is 101 g/mol. The first-order chi connectivity index (χ1) is 1.91. The summed E-state index contributed by atoms with van der Waals surface area (Å²) in [6, 6.07) is 0. The molecule has 0 aromatic carbocycles. The molecule has 3 N–H and O–H groups in total. The van der Waals surface area contributed by atoms with Crippen LogP contribution in [0.5, 0.6) is 0 Å². The molecule has 0 rings (SSSR count). The van der Waals surface area contributed by atoms with Crippen LogP contribution in [0.2, 0.25) is 0 Å². The van der Waals surface area contributed by atoms with Gasteiger partial charge in [-0.3, -0.25) is 0 Å². The maximum atomic E-state index is 2.93. The molecule has 0 radical (unpaired) electrons. The molecule has 6 heavy (non-hydrogen) atoms. The molecule has 0 aromatic heterocycles. The van der Waals surface area contributed by atoms with Crippen LogP contribution >= 0.6 is 12.4 Å². The predicted octanol–water partition coefficient (Wildman–Crippen LogP) is -0.177. The number of halogens is 1. The van der Waals surface area contributed by atoms with E-state index in [0.717, 1.165) is 6.54 Å². The van der Waals surface area contributed by atoms with E-state index in [0.29, 0.717) is 0 Å². The SMILES string of the molecule is CCNC.Cl.O. The van der Waals surface area contributed by atoms with Gasteiger partial charge in [0.05, 0.1) is 0 Å². The fourth-order valence-electron chi connectivity index (χ4n) is 0. The molecule has 3 heteroatoms. The summed E-state index contributed by atoms with van der Waals surface area (Å²) in [6.45, 7) is 3.14. The van der Waals surface area contributed by atoms with E-state index < -0.39 is 0 Å². The van der Waals surface area contributed by atoms with Gasteiger partial charge in [-0.25, -0.2) is 0 Å². The molecule has 0 heterocycles. The third-order valence-corrected chi connectivity index (χ3v) is 0.354. The van der Waals surface area contributed by atoms with E-state index in [1.165, 1.54) is 0 Å². The summed E-state index contributed by atoms with van der Waals surface area (Å²) in [5.41, 5.74) is 0. The summed E-state index contributed by atoms with van der Waals surface area (Å²) in [4.78, 5) is 0. The Balaban J connectivity index is -0.0000000450. The van der Waals surface area contributed by atoms with Crippen LogP contribution in [0, 0.1) is 0 Å². The second-order valence-electron chi connectivity index (χ2n) is 0.707. The van der Waals surface area contributed by atoms with E-state index in [-0.39, 0.29) is 17.9 Å². The Kier molecular flexibility index (Phi) is 51.5. The highest BCUT2D eigenvalue weighted by molar-refractivity contribution is 5.85. The van der Waals surface area contributed by atoms with Gasteiger partial charge in [0.25, 0.3) is 0 Å². The van der Waals surface area contributed by atoms with Gasteiger partial charge in [0.1, 0.15) is 0 Å². The average Bonchev–Trinajstić information content (AvgIpc) is 1.37. The molecule has 0 amide bonds. The highest BCUT2D eigenvalue weighted by atomic mass is 35.5. The summed E-state index contributed by atoms with van der Waals surface area (Å²) in [6.07, 6.45) is 0. The van der Waals surface area contributed by atoms with Gasteiger partial charge >= 0.3 is 0 Å². The fraction of sp³-hybridized carbons (Fsp3) is 1.00. The Labute approximate surface area is 44.7 Å². The Morgan fingerprint density at radius 2 is 1.67 bits per heavy atom. The predicted molar refractivity (Wildman–Crippen MR) is 30.5 cm³/mol. The molecule has 0 aliphatic rings. The lowest BCUT2D eigenvalue weighted by Crippen LogP contribution is -2.01. The summed E-state index contributed by atoms with van der Waals surface area (Å²) in [7, 11) is 1.93. The van der Waals surface area contributed by atoms with Gasteiger partial charge in [-0.2, -0.15) is 0 Å². The fourth-order valence-corrected chi connectivity index (χ4v) is 0. The zero-order valence-electron chi connectivity index (χ0n) is 4.12. The van der Waals surface area contributed by atoms with Gasteiger partial charge in [-0.1, -0.05) is 6.92 Å². The van der Waals surface area contributed by atoms with Crippen molar-refractivity contribution in [2.24, 2.45) is 0 Å². The van der Waals surface area contributed by atoms with Gasteiger partial charge in [-0.15, -0.1) is 12.4 Å². The molecule has 0 atom stereocenters. The Hall–Kier alpha value is 0.210. The first-order valence-electron chi connectivity index (χ1n) is 1.56. The third-order valence-electron chi connectivity index (χ3n) is 0.354. The van der Waals surface area contributed by atoms with Crippen LogP contribution in [0.1, 0.15) is 6.92 Å². The van der Waals surface area contributed by atoms with E-state index in [2.05, 4.69) is 12.2 Å². The minimum atomic E-state index is 0. The van der Waals surface area contributed by atoms with E-state index >= 15 is 0 Å². The highest BCUT2D eigenvalue weighted by Gasteiger charge is 1.50. The van der Waals surface area contributed by atoms with Gasteiger partial charge in [0, 0.05) is 0 Å². The van der Waals surface area contributed by atoms with Crippen molar-refractivity contribution in [1.29, 1.82) is 0 Å². The number of hydrogen-bond acceptors (Lipinski definition) is 1. The second-order valence-corrected chi connectivity index (χ2v) is 0.707. The number of rotatable bonds is 1. The summed E-state index contributed by atoms with van der Waals surface area (Å²) in [5, 5.41) is 2.93. The molecule has 0 aliphatic carbocycles. The van der Waals surface area contributed by atoms with Crippen LogP contribution in [0.15, 0.2) is 0 Å². The van der Waals surface area contributed by atoms with Crippen LogP contribution < -0.4 is 5.32 Å². The van der Waals surface area contributed by atoms with Crippen molar-refractivity contribution in [2.75, 3.05) is 13.6 Å². The molecule has 0 bridgehead atoms. The number of nitrogens with one attached hydrogen (secondary N) is 1. The topological polar surface area (TPSA) is 43.5 Å². The smallest absolute Gasteiger partial charge is 0.00804 e. The lowest BCUT2D eigenvalue weighted by atomic mass is 10.8. The average molecular weight is 114 g/mol. The minimum absolute atomic E-state index is 0. The van der Waals surface area contributed by atoms with E-state index in [9.17, 15) is 0 Å². The molecular formula is C3H12ClNO. The quantitative estimate of drug-likeness (QED) is 0.504. The van der Waals surface area contributed by atoms with Gasteiger partial charge in [0.15, 0.2) is 0 Å². The van der Waals surface area contributed by atoms with Crippen molar-refractivity contribution < 1.29 is 5.48 Å². The van der Waals surface area contributed by atoms with Crippen LogP contribution in [0.3, 0.4) is 0 Å². The summed E-state index contributed by atoms with van der Waals surface area (Å²) >= 11 is 0. The van der Waals surface area contributed by atoms with Crippen molar-refractivity contribution in [3.05, 3.63) is 0 Å². The lowest BCUT2D eigenvalue weighted by molar-refractivity contribution is 0.824. The maximum absolute atomic E-state index is 2.93. The van der Waals surface area contributed by atoms with Crippen molar-refractivity contribution in [2.45, 2.75) is 6.92 Å². The molecule has 0 unspecified atom stereocenters. The van der Waals surface area contributed by atoms with E-state index in [1.807, 2.05) is 7.05 Å². The van der Waals surface area contributed by atoms with Crippen molar-refractivity contribution in [3.8, 4) is 0 Å². The van der Waals surface area contributed by atoms with Crippen LogP contribution in [-0.2, 0) is 0 Å². The van der Waals surface area contributed by atoms with Gasteiger partial charge in [0.2, 0.25) is 0 Å². The molecule has 0 saturated heterocycles. The van der Waals surface area contributed by atoms with Gasteiger partial charge < -0.3 is 10.8 Å². The maximum Gasteiger partial charge on any atom is -0.00804 e. The molecule has 0 fully saturated rings. The monoisotopic (exact) mass is 113 g/mol. The van der Waals surface area contributed by atoms with Crippen molar-refractivity contribution in [1.82, 2.24) is 5.32 Å². The molecule has 2 nitrogen and oxygen atoms in total. The first-order valence-corrected chi connectivity index (χ1v) is 1.56. The Morgan fingerprint density at radius 1 is 1.50 bits per heavy atom. The summed E-state index contributed by atoms with van der Waals surface area (Å²) in [5.74, 6) is 0. The zero-order valence-corrected chi connectivity index (χ0v) is 4.93. The van der Waals surface area contributed by atoms with Gasteiger partial charge in [-0.05, 0) is 13.6 Å². The minimum Gasteiger partial charge on any atom is -0.412 e. The van der Waals surface area contributed by atoms with Crippen LogP contribution in [-0.4, -0.2) is 19.1 Å². The largest absolute Gasteiger partial charge is 0.412 e. The third kappa shape index (κ3) is 29.6. The second kappa shape index (κ2) is 18.9. The highest BCUT2D eigenvalue weighted by Crippen LogP contribution is 1.34. The Bertz CT molecular complexity index is 12.8. The molecule has 0 aromatic rings. The zero-order chi connectivity index (χ0) is 3.41. The first kappa shape index (κ1) is 16.4. The Morgan fingerprint density at radius 3 is 1.67 bits per heavy atom. The molecule has 0 spiro atoms. The lowest BCUT2D eigenvalue weighted by Gasteiger charge is -1.76. The van der Waals surface area contributed by atoms with E-state index in [1.54, 1.807) is 0 Å². The molecule has 0 aliphatic heterocycles. The van der Waals surface area contributed by atoms with Crippen LogP contribution in [0.25, 0.3) is 0 Å². The summed E-state index contributed by atoms with van der Waals surface area (Å²) < 4.78 is 0. The molecule has 42 valence electrons. The van der Waals surface area contributed by atoms with E-state index in [4.69, 9.17) is 0 Å². The van der Waals surface area contributed by atoms with Crippen molar-refractivity contribution in [3.63, 3.8) is 0 Å².